The van der Waals surface area contributed by atoms with Crippen molar-refractivity contribution in [3.63, 3.8) is 0 Å². The van der Waals surface area contributed by atoms with Gasteiger partial charge in [-0.1, -0.05) is 18.2 Å². The number of rotatable bonds is 3. The van der Waals surface area contributed by atoms with E-state index in [1.807, 2.05) is 0 Å². The van der Waals surface area contributed by atoms with Crippen molar-refractivity contribution in [2.24, 2.45) is 0 Å². The average Bonchev–Trinajstić information content (AvgIpc) is 3.00. The van der Waals surface area contributed by atoms with Gasteiger partial charge >= 0.3 is 6.03 Å². The van der Waals surface area contributed by atoms with Gasteiger partial charge in [-0.05, 0) is 48.8 Å². The Morgan fingerprint density at radius 3 is 2.87 bits per heavy atom. The van der Waals surface area contributed by atoms with Gasteiger partial charge < -0.3 is 15.5 Å². The summed E-state index contributed by atoms with van der Waals surface area (Å²) in [5.74, 6) is -0.0320. The fourth-order valence-electron chi connectivity index (χ4n) is 3.59. The molecule has 5 heteroatoms. The maximum atomic E-state index is 12.3. The first-order valence-corrected chi connectivity index (χ1v) is 8.52. The zero-order valence-corrected chi connectivity index (χ0v) is 13.7. The number of carbonyl (C=O) groups excluding carboxylic acids is 2. The lowest BCUT2D eigenvalue weighted by atomic mass is 10.1. The molecular weight excluding hydrogens is 290 g/mol. The molecule has 2 N–H and O–H groups in total. The van der Waals surface area contributed by atoms with Crippen LogP contribution in [-0.2, 0) is 24.2 Å². The summed E-state index contributed by atoms with van der Waals surface area (Å²) in [6, 6.07) is 6.56. The summed E-state index contributed by atoms with van der Waals surface area (Å²) in [5, 5.41) is 5.92. The van der Waals surface area contributed by atoms with Crippen molar-refractivity contribution < 1.29 is 9.59 Å². The summed E-state index contributed by atoms with van der Waals surface area (Å²) in [7, 11) is 0. The SMILES string of the molecule is CC(=O)NC1CCCN(C(=O)NCc2ccc3c(c2)CCC3)C1. The first kappa shape index (κ1) is 15.8. The van der Waals surface area contributed by atoms with Crippen LogP contribution < -0.4 is 10.6 Å². The number of piperidine rings is 1. The minimum atomic E-state index is -0.0412. The number of nitrogens with one attached hydrogen (secondary N) is 2. The Labute approximate surface area is 137 Å². The number of likely N-dealkylation sites (tertiary alicyclic amines) is 1. The van der Waals surface area contributed by atoms with Crippen LogP contribution in [0.2, 0.25) is 0 Å². The molecular formula is C18H25N3O2. The molecule has 0 spiro atoms. The molecule has 1 atom stereocenters. The molecule has 3 amide bonds. The highest BCUT2D eigenvalue weighted by Crippen LogP contribution is 2.22. The Hall–Kier alpha value is -2.04. The zero-order valence-electron chi connectivity index (χ0n) is 13.7. The first-order chi connectivity index (χ1) is 11.1. The van der Waals surface area contributed by atoms with Gasteiger partial charge in [-0.2, -0.15) is 0 Å². The van der Waals surface area contributed by atoms with Gasteiger partial charge in [0.1, 0.15) is 0 Å². The monoisotopic (exact) mass is 315 g/mol. The zero-order chi connectivity index (χ0) is 16.2. The molecule has 2 aliphatic rings. The van der Waals surface area contributed by atoms with Gasteiger partial charge in [0.25, 0.3) is 0 Å². The second-order valence-electron chi connectivity index (χ2n) is 6.60. The first-order valence-electron chi connectivity index (χ1n) is 8.52. The molecule has 0 aromatic heterocycles. The van der Waals surface area contributed by atoms with Crippen LogP contribution >= 0.6 is 0 Å². The van der Waals surface area contributed by atoms with E-state index >= 15 is 0 Å². The second kappa shape index (κ2) is 7.02. The number of amides is 3. The molecule has 0 bridgehead atoms. The van der Waals surface area contributed by atoms with Crippen LogP contribution in [0.4, 0.5) is 4.79 Å². The minimum absolute atomic E-state index is 0.0320. The van der Waals surface area contributed by atoms with Crippen LogP contribution in [0.5, 0.6) is 0 Å². The molecule has 1 aliphatic carbocycles. The molecule has 0 saturated carbocycles. The van der Waals surface area contributed by atoms with Crippen molar-refractivity contribution in [1.29, 1.82) is 0 Å². The fraction of sp³-hybridized carbons (Fsp3) is 0.556. The molecule has 3 rings (SSSR count). The quantitative estimate of drug-likeness (QED) is 0.896. The van der Waals surface area contributed by atoms with E-state index in [1.54, 1.807) is 4.90 Å². The van der Waals surface area contributed by atoms with E-state index < -0.39 is 0 Å². The van der Waals surface area contributed by atoms with Crippen LogP contribution in [0.15, 0.2) is 18.2 Å². The predicted molar refractivity (Wildman–Crippen MR) is 89.1 cm³/mol. The number of fused-ring (bicyclic) bond motifs is 1. The molecule has 124 valence electrons. The molecule has 1 saturated heterocycles. The van der Waals surface area contributed by atoms with E-state index in [0.717, 1.165) is 31.4 Å². The van der Waals surface area contributed by atoms with Gasteiger partial charge in [0.2, 0.25) is 5.91 Å². The lowest BCUT2D eigenvalue weighted by molar-refractivity contribution is -0.119. The van der Waals surface area contributed by atoms with Crippen molar-refractivity contribution >= 4 is 11.9 Å². The topological polar surface area (TPSA) is 61.4 Å². The number of urea groups is 1. The van der Waals surface area contributed by atoms with Gasteiger partial charge in [0.15, 0.2) is 0 Å². The highest BCUT2D eigenvalue weighted by molar-refractivity contribution is 5.75. The van der Waals surface area contributed by atoms with Crippen LogP contribution in [0.3, 0.4) is 0 Å². The van der Waals surface area contributed by atoms with Crippen molar-refractivity contribution in [2.75, 3.05) is 13.1 Å². The number of benzene rings is 1. The fourth-order valence-corrected chi connectivity index (χ4v) is 3.59. The Morgan fingerprint density at radius 2 is 2.04 bits per heavy atom. The molecule has 1 aliphatic heterocycles. The van der Waals surface area contributed by atoms with Gasteiger partial charge in [0.05, 0.1) is 0 Å². The lowest BCUT2D eigenvalue weighted by Gasteiger charge is -2.33. The standard InChI is InChI=1S/C18H25N3O2/c1-13(22)20-17-6-3-9-21(12-17)18(23)19-11-14-7-8-15-4-2-5-16(15)10-14/h7-8,10,17H,2-6,9,11-12H2,1H3,(H,19,23)(H,20,22). The van der Waals surface area contributed by atoms with E-state index in [0.29, 0.717) is 13.1 Å². The Morgan fingerprint density at radius 1 is 1.22 bits per heavy atom. The molecule has 1 heterocycles. The maximum absolute atomic E-state index is 12.3. The molecule has 1 fully saturated rings. The minimum Gasteiger partial charge on any atom is -0.352 e. The van der Waals surface area contributed by atoms with Gasteiger partial charge in [0, 0.05) is 32.6 Å². The highest BCUT2D eigenvalue weighted by Gasteiger charge is 2.23. The summed E-state index contributed by atoms with van der Waals surface area (Å²) in [4.78, 5) is 25.3. The lowest BCUT2D eigenvalue weighted by Crippen LogP contribution is -2.51. The molecule has 1 aromatic carbocycles. The summed E-state index contributed by atoms with van der Waals surface area (Å²) in [6.07, 6.45) is 5.44. The van der Waals surface area contributed by atoms with E-state index in [4.69, 9.17) is 0 Å². The third-order valence-corrected chi connectivity index (χ3v) is 4.72. The Balaban J connectivity index is 1.51. The van der Waals surface area contributed by atoms with Crippen molar-refractivity contribution in [1.82, 2.24) is 15.5 Å². The summed E-state index contributed by atoms with van der Waals surface area (Å²) in [5.41, 5.74) is 4.05. The van der Waals surface area contributed by atoms with E-state index in [-0.39, 0.29) is 18.0 Å². The van der Waals surface area contributed by atoms with E-state index in [2.05, 4.69) is 28.8 Å². The maximum Gasteiger partial charge on any atom is 0.317 e. The Bertz CT molecular complexity index is 600. The number of aryl methyl sites for hydroxylation is 2. The predicted octanol–water partition coefficient (Wildman–Crippen LogP) is 1.99. The highest BCUT2D eigenvalue weighted by atomic mass is 16.2. The van der Waals surface area contributed by atoms with E-state index in [9.17, 15) is 9.59 Å². The number of hydrogen-bond acceptors (Lipinski definition) is 2. The average molecular weight is 315 g/mol. The van der Waals surface area contributed by atoms with E-state index in [1.165, 1.54) is 30.9 Å². The van der Waals surface area contributed by atoms with Crippen molar-refractivity contribution in [2.45, 2.75) is 51.6 Å². The third kappa shape index (κ3) is 4.03. The third-order valence-electron chi connectivity index (χ3n) is 4.72. The normalized spacial score (nSPS) is 20.0. The molecule has 1 aromatic rings. The molecule has 1 unspecified atom stereocenters. The van der Waals surface area contributed by atoms with Crippen LogP contribution in [0.1, 0.15) is 42.9 Å². The molecule has 0 radical (unpaired) electrons. The number of hydrogen-bond donors (Lipinski definition) is 2. The van der Waals surface area contributed by atoms with Crippen LogP contribution in [-0.4, -0.2) is 36.0 Å². The van der Waals surface area contributed by atoms with Gasteiger partial charge in [-0.3, -0.25) is 4.79 Å². The summed E-state index contributed by atoms with van der Waals surface area (Å²) >= 11 is 0. The number of carbonyl (C=O) groups is 2. The summed E-state index contributed by atoms with van der Waals surface area (Å²) in [6.45, 7) is 3.43. The number of nitrogens with zero attached hydrogens (tertiary/aromatic N) is 1. The van der Waals surface area contributed by atoms with Crippen LogP contribution in [0.25, 0.3) is 0 Å². The van der Waals surface area contributed by atoms with Gasteiger partial charge in [-0.15, -0.1) is 0 Å². The molecule has 5 nitrogen and oxygen atoms in total. The molecule has 23 heavy (non-hydrogen) atoms. The summed E-state index contributed by atoms with van der Waals surface area (Å²) < 4.78 is 0. The smallest absolute Gasteiger partial charge is 0.317 e. The van der Waals surface area contributed by atoms with Crippen molar-refractivity contribution in [3.8, 4) is 0 Å². The Kier molecular flexibility index (Phi) is 4.84. The van der Waals surface area contributed by atoms with Crippen LogP contribution in [0, 0.1) is 0 Å². The van der Waals surface area contributed by atoms with Gasteiger partial charge in [-0.25, -0.2) is 4.79 Å². The second-order valence-corrected chi connectivity index (χ2v) is 6.60. The largest absolute Gasteiger partial charge is 0.352 e. The van der Waals surface area contributed by atoms with Crippen molar-refractivity contribution in [3.05, 3.63) is 34.9 Å².